The molecule has 1 saturated heterocycles. The molecule has 21 heavy (non-hydrogen) atoms. The monoisotopic (exact) mass is 300 g/mol. The molecule has 0 aliphatic carbocycles. The van der Waals surface area contributed by atoms with Gasteiger partial charge in [-0.25, -0.2) is 4.98 Å². The first-order chi connectivity index (χ1) is 10.2. The predicted molar refractivity (Wildman–Crippen MR) is 89.8 cm³/mol. The summed E-state index contributed by atoms with van der Waals surface area (Å²) in [6.07, 6.45) is 3.54. The van der Waals surface area contributed by atoms with Gasteiger partial charge >= 0.3 is 0 Å². The fourth-order valence-electron chi connectivity index (χ4n) is 2.81. The van der Waals surface area contributed by atoms with Crippen LogP contribution in [0.15, 0.2) is 30.6 Å². The predicted octanol–water partition coefficient (Wildman–Crippen LogP) is 3.08. The number of hydrogen-bond acceptors (Lipinski definition) is 4. The summed E-state index contributed by atoms with van der Waals surface area (Å²) in [4.78, 5) is 12.2. The van der Waals surface area contributed by atoms with Crippen LogP contribution in [0.3, 0.4) is 0 Å². The van der Waals surface area contributed by atoms with Gasteiger partial charge in [0, 0.05) is 44.3 Å². The molecule has 0 saturated carbocycles. The third-order valence-corrected chi connectivity index (χ3v) is 4.49. The molecule has 1 N–H and O–H groups in total. The summed E-state index contributed by atoms with van der Waals surface area (Å²) in [5.74, 6) is 0.896. The molecule has 1 aliphatic heterocycles. The van der Waals surface area contributed by atoms with E-state index in [0.29, 0.717) is 0 Å². The van der Waals surface area contributed by atoms with Crippen LogP contribution in [0.2, 0.25) is 0 Å². The third kappa shape index (κ3) is 2.78. The van der Waals surface area contributed by atoms with Gasteiger partial charge in [-0.05, 0) is 31.0 Å². The largest absolute Gasteiger partial charge is 0.368 e. The Hall–Kier alpha value is -1.88. The number of piperazine rings is 1. The fourth-order valence-corrected chi connectivity index (χ4v) is 3.06. The Morgan fingerprint density at radius 2 is 1.81 bits per heavy atom. The molecule has 2 heterocycles. The van der Waals surface area contributed by atoms with Crippen LogP contribution in [0.4, 0.5) is 11.5 Å². The minimum Gasteiger partial charge on any atom is -0.368 e. The lowest BCUT2D eigenvalue weighted by molar-refractivity contribution is 0.644. The first-order valence-electron chi connectivity index (χ1n) is 7.26. The number of aromatic amines is 1. The van der Waals surface area contributed by atoms with Gasteiger partial charge in [0.2, 0.25) is 0 Å². The highest BCUT2D eigenvalue weighted by molar-refractivity contribution is 7.71. The van der Waals surface area contributed by atoms with E-state index >= 15 is 0 Å². The Kier molecular flexibility index (Phi) is 3.92. The van der Waals surface area contributed by atoms with E-state index in [-0.39, 0.29) is 0 Å². The van der Waals surface area contributed by atoms with Gasteiger partial charge in [0.25, 0.3) is 0 Å². The summed E-state index contributed by atoms with van der Waals surface area (Å²) in [5.41, 5.74) is 4.07. The van der Waals surface area contributed by atoms with Crippen LogP contribution >= 0.6 is 12.2 Å². The number of hydrogen-bond donors (Lipinski definition) is 1. The first kappa shape index (κ1) is 14.1. The molecule has 0 spiro atoms. The number of H-pyrrole nitrogens is 1. The Morgan fingerprint density at radius 3 is 2.52 bits per heavy atom. The highest BCUT2D eigenvalue weighted by atomic mass is 32.1. The van der Waals surface area contributed by atoms with Gasteiger partial charge in [-0.3, -0.25) is 0 Å². The summed E-state index contributed by atoms with van der Waals surface area (Å²) in [5, 5.41) is 0. The summed E-state index contributed by atoms with van der Waals surface area (Å²) in [6.45, 7) is 8.25. The van der Waals surface area contributed by atoms with E-state index in [9.17, 15) is 0 Å². The second-order valence-corrected chi connectivity index (χ2v) is 5.84. The number of anilines is 2. The first-order valence-corrected chi connectivity index (χ1v) is 7.67. The third-order valence-electron chi connectivity index (χ3n) is 4.18. The quantitative estimate of drug-likeness (QED) is 0.865. The molecule has 0 bridgehead atoms. The SMILES string of the molecule is Cc1cccc(N2CCN(c3ncc[nH]c3=S)CC2)c1C. The van der Waals surface area contributed by atoms with Crippen LogP contribution in [0, 0.1) is 18.5 Å². The molecule has 0 unspecified atom stereocenters. The number of benzene rings is 1. The maximum Gasteiger partial charge on any atom is 0.163 e. The molecule has 0 amide bonds. The van der Waals surface area contributed by atoms with Crippen LogP contribution in [-0.4, -0.2) is 36.1 Å². The second kappa shape index (κ2) is 5.85. The molecule has 110 valence electrons. The highest BCUT2D eigenvalue weighted by Gasteiger charge is 2.20. The molecule has 0 radical (unpaired) electrons. The van der Waals surface area contributed by atoms with E-state index in [2.05, 4.69) is 51.8 Å². The smallest absolute Gasteiger partial charge is 0.163 e. The number of nitrogens with zero attached hydrogens (tertiary/aromatic N) is 3. The van der Waals surface area contributed by atoms with Crippen molar-refractivity contribution in [2.75, 3.05) is 36.0 Å². The van der Waals surface area contributed by atoms with Crippen molar-refractivity contribution in [2.24, 2.45) is 0 Å². The number of rotatable bonds is 2. The van der Waals surface area contributed by atoms with Crippen LogP contribution in [0.25, 0.3) is 0 Å². The lowest BCUT2D eigenvalue weighted by atomic mass is 10.1. The molecule has 3 rings (SSSR count). The Balaban J connectivity index is 1.75. The van der Waals surface area contributed by atoms with E-state index in [1.807, 2.05) is 0 Å². The van der Waals surface area contributed by atoms with Crippen molar-refractivity contribution in [3.63, 3.8) is 0 Å². The molecule has 1 fully saturated rings. The summed E-state index contributed by atoms with van der Waals surface area (Å²) in [6, 6.07) is 6.52. The average molecular weight is 300 g/mol. The molecule has 1 aromatic heterocycles. The van der Waals surface area contributed by atoms with Crippen LogP contribution < -0.4 is 9.80 Å². The van der Waals surface area contributed by atoms with Crippen molar-refractivity contribution >= 4 is 23.7 Å². The molecule has 5 heteroatoms. The Labute approximate surface area is 130 Å². The van der Waals surface area contributed by atoms with Gasteiger partial charge in [0.1, 0.15) is 4.64 Å². The number of nitrogens with one attached hydrogen (secondary N) is 1. The van der Waals surface area contributed by atoms with Crippen molar-refractivity contribution in [2.45, 2.75) is 13.8 Å². The van der Waals surface area contributed by atoms with Crippen LogP contribution in [0.5, 0.6) is 0 Å². The highest BCUT2D eigenvalue weighted by Crippen LogP contribution is 2.24. The molecule has 0 atom stereocenters. The van der Waals surface area contributed by atoms with E-state index in [1.165, 1.54) is 16.8 Å². The summed E-state index contributed by atoms with van der Waals surface area (Å²) < 4.78 is 0.720. The molecular formula is C16H20N4S. The van der Waals surface area contributed by atoms with Gasteiger partial charge in [-0.15, -0.1) is 0 Å². The van der Waals surface area contributed by atoms with Gasteiger partial charge in [-0.2, -0.15) is 0 Å². The minimum atomic E-state index is 0.720. The van der Waals surface area contributed by atoms with E-state index in [4.69, 9.17) is 12.2 Å². The van der Waals surface area contributed by atoms with Crippen LogP contribution in [0.1, 0.15) is 11.1 Å². The zero-order valence-corrected chi connectivity index (χ0v) is 13.3. The summed E-state index contributed by atoms with van der Waals surface area (Å²) >= 11 is 5.32. The standard InChI is InChI=1S/C16H20N4S/c1-12-4-3-5-14(13(12)2)19-8-10-20(11-9-19)15-16(21)18-7-6-17-15/h3-7H,8-11H2,1-2H3,(H,18,21). The maximum absolute atomic E-state index is 5.32. The van der Waals surface area contributed by atoms with E-state index in [0.717, 1.165) is 36.6 Å². The minimum absolute atomic E-state index is 0.720. The average Bonchev–Trinajstić information content (AvgIpc) is 2.51. The Bertz CT molecular complexity index is 687. The second-order valence-electron chi connectivity index (χ2n) is 5.44. The molecule has 1 aliphatic rings. The van der Waals surface area contributed by atoms with Crippen molar-refractivity contribution in [1.82, 2.24) is 9.97 Å². The van der Waals surface area contributed by atoms with Crippen molar-refractivity contribution in [3.05, 3.63) is 46.4 Å². The van der Waals surface area contributed by atoms with Gasteiger partial charge in [0.15, 0.2) is 5.82 Å². The lowest BCUT2D eigenvalue weighted by Crippen LogP contribution is -2.47. The van der Waals surface area contributed by atoms with Gasteiger partial charge in [-0.1, -0.05) is 24.4 Å². The van der Waals surface area contributed by atoms with Crippen LogP contribution in [-0.2, 0) is 0 Å². The number of aryl methyl sites for hydroxylation is 1. The van der Waals surface area contributed by atoms with Crippen molar-refractivity contribution < 1.29 is 0 Å². The zero-order chi connectivity index (χ0) is 14.8. The molecule has 4 nitrogen and oxygen atoms in total. The topological polar surface area (TPSA) is 35.2 Å². The molecule has 2 aromatic rings. The normalized spacial score (nSPS) is 15.3. The molecular weight excluding hydrogens is 280 g/mol. The van der Waals surface area contributed by atoms with E-state index in [1.54, 1.807) is 12.4 Å². The lowest BCUT2D eigenvalue weighted by Gasteiger charge is -2.37. The van der Waals surface area contributed by atoms with Gasteiger partial charge < -0.3 is 14.8 Å². The maximum atomic E-state index is 5.32. The Morgan fingerprint density at radius 1 is 1.10 bits per heavy atom. The fraction of sp³-hybridized carbons (Fsp3) is 0.375. The zero-order valence-electron chi connectivity index (χ0n) is 12.5. The van der Waals surface area contributed by atoms with Gasteiger partial charge in [0.05, 0.1) is 0 Å². The number of aromatic nitrogens is 2. The van der Waals surface area contributed by atoms with Crippen molar-refractivity contribution in [3.8, 4) is 0 Å². The summed E-state index contributed by atoms with van der Waals surface area (Å²) in [7, 11) is 0. The van der Waals surface area contributed by atoms with E-state index < -0.39 is 0 Å². The molecule has 1 aromatic carbocycles. The van der Waals surface area contributed by atoms with Crippen molar-refractivity contribution in [1.29, 1.82) is 0 Å².